The number of hydrogen-bond acceptors (Lipinski definition) is 6. The number of thioether (sulfide) groups is 2. The molecule has 1 heterocycles. The summed E-state index contributed by atoms with van der Waals surface area (Å²) < 4.78 is 1.72. The third-order valence-corrected chi connectivity index (χ3v) is 6.51. The van der Waals surface area contributed by atoms with Crippen LogP contribution < -0.4 is 5.32 Å². The number of aromatic nitrogens is 4. The molecule has 8 heteroatoms. The fourth-order valence-corrected chi connectivity index (χ4v) is 4.68. The maximum atomic E-state index is 12.7. The fourth-order valence-electron chi connectivity index (χ4n) is 2.93. The summed E-state index contributed by atoms with van der Waals surface area (Å²) >= 11 is 3.27. The van der Waals surface area contributed by atoms with E-state index in [1.165, 1.54) is 4.90 Å². The first-order valence-corrected chi connectivity index (χ1v) is 11.8. The Bertz CT molecular complexity index is 1120. The van der Waals surface area contributed by atoms with E-state index in [2.05, 4.69) is 33.0 Å². The molecule has 1 aromatic heterocycles. The van der Waals surface area contributed by atoms with Gasteiger partial charge in [0.15, 0.2) is 5.82 Å². The van der Waals surface area contributed by atoms with Crippen molar-refractivity contribution in [2.75, 3.05) is 12.3 Å². The van der Waals surface area contributed by atoms with Crippen LogP contribution in [0.3, 0.4) is 0 Å². The molecule has 0 saturated carbocycles. The molecule has 6 nitrogen and oxygen atoms in total. The van der Waals surface area contributed by atoms with Gasteiger partial charge in [-0.05, 0) is 46.8 Å². The van der Waals surface area contributed by atoms with Crippen molar-refractivity contribution in [3.8, 4) is 5.69 Å². The van der Waals surface area contributed by atoms with Gasteiger partial charge in [0.2, 0.25) is 0 Å². The number of para-hydroxylation sites is 1. The van der Waals surface area contributed by atoms with E-state index in [1.54, 1.807) is 28.2 Å². The lowest BCUT2D eigenvalue weighted by Crippen LogP contribution is -2.26. The molecule has 1 amide bonds. The number of nitrogens with one attached hydrogen (secondary N) is 1. The predicted molar refractivity (Wildman–Crippen MR) is 125 cm³/mol. The monoisotopic (exact) mass is 447 g/mol. The van der Waals surface area contributed by atoms with Gasteiger partial charge in [-0.2, -0.15) is 4.68 Å². The Morgan fingerprint density at radius 1 is 0.871 bits per heavy atom. The first-order valence-electron chi connectivity index (χ1n) is 9.82. The van der Waals surface area contributed by atoms with Crippen LogP contribution in [0.15, 0.2) is 94.7 Å². The number of benzene rings is 3. The number of tetrazole rings is 1. The number of amides is 1. The van der Waals surface area contributed by atoms with Crippen LogP contribution in [0.25, 0.3) is 5.69 Å². The van der Waals surface area contributed by atoms with Gasteiger partial charge in [0.25, 0.3) is 5.91 Å². The van der Waals surface area contributed by atoms with Gasteiger partial charge < -0.3 is 5.32 Å². The minimum absolute atomic E-state index is 0.0700. The Hall–Kier alpha value is -3.10. The highest BCUT2D eigenvalue weighted by Crippen LogP contribution is 2.26. The van der Waals surface area contributed by atoms with Crippen LogP contribution in [0.1, 0.15) is 16.2 Å². The molecule has 4 rings (SSSR count). The van der Waals surface area contributed by atoms with Gasteiger partial charge in [-0.25, -0.2) is 0 Å². The van der Waals surface area contributed by atoms with Crippen LogP contribution in [0.2, 0.25) is 0 Å². The van der Waals surface area contributed by atoms with Crippen molar-refractivity contribution in [3.63, 3.8) is 0 Å². The number of rotatable bonds is 9. The Balaban J connectivity index is 1.35. The highest BCUT2D eigenvalue weighted by atomic mass is 32.2. The van der Waals surface area contributed by atoms with E-state index in [0.29, 0.717) is 17.9 Å². The van der Waals surface area contributed by atoms with Crippen LogP contribution >= 0.6 is 23.5 Å². The molecule has 0 saturated heterocycles. The molecule has 1 N–H and O–H groups in total. The van der Waals surface area contributed by atoms with E-state index in [9.17, 15) is 4.79 Å². The summed E-state index contributed by atoms with van der Waals surface area (Å²) in [5, 5.41) is 15.1. The molecular formula is C23H21N5OS2. The molecule has 4 aromatic rings. The third-order valence-electron chi connectivity index (χ3n) is 4.42. The van der Waals surface area contributed by atoms with E-state index in [0.717, 1.165) is 22.2 Å². The van der Waals surface area contributed by atoms with Gasteiger partial charge in [0.1, 0.15) is 0 Å². The Labute approximate surface area is 189 Å². The second kappa shape index (κ2) is 10.8. The van der Waals surface area contributed by atoms with Gasteiger partial charge >= 0.3 is 0 Å². The van der Waals surface area contributed by atoms with E-state index >= 15 is 0 Å². The highest BCUT2D eigenvalue weighted by molar-refractivity contribution is 7.99. The summed E-state index contributed by atoms with van der Waals surface area (Å²) in [4.78, 5) is 14.8. The Morgan fingerprint density at radius 3 is 2.39 bits per heavy atom. The molecule has 3 aromatic carbocycles. The van der Waals surface area contributed by atoms with Crippen molar-refractivity contribution in [2.24, 2.45) is 0 Å². The molecule has 0 radical (unpaired) electrons. The first kappa shape index (κ1) is 21.1. The van der Waals surface area contributed by atoms with Crippen molar-refractivity contribution < 1.29 is 4.79 Å². The third kappa shape index (κ3) is 5.74. The fraction of sp³-hybridized carbons (Fsp3) is 0.130. The van der Waals surface area contributed by atoms with Gasteiger partial charge in [-0.15, -0.1) is 28.6 Å². The summed E-state index contributed by atoms with van der Waals surface area (Å²) in [6.07, 6.45) is 0. The maximum Gasteiger partial charge on any atom is 0.252 e. The van der Waals surface area contributed by atoms with Gasteiger partial charge in [0.05, 0.1) is 17.0 Å². The van der Waals surface area contributed by atoms with Crippen molar-refractivity contribution in [2.45, 2.75) is 15.5 Å². The second-order valence-electron chi connectivity index (χ2n) is 6.54. The van der Waals surface area contributed by atoms with Crippen LogP contribution in [0, 0.1) is 0 Å². The zero-order chi connectivity index (χ0) is 21.3. The lowest BCUT2D eigenvalue weighted by Gasteiger charge is -2.10. The summed E-state index contributed by atoms with van der Waals surface area (Å²) in [5.41, 5.74) is 1.57. The zero-order valence-corrected chi connectivity index (χ0v) is 18.4. The van der Waals surface area contributed by atoms with Crippen molar-refractivity contribution >= 4 is 29.4 Å². The van der Waals surface area contributed by atoms with E-state index in [1.807, 2.05) is 72.8 Å². The Morgan fingerprint density at radius 2 is 1.58 bits per heavy atom. The lowest BCUT2D eigenvalue weighted by atomic mass is 10.2. The number of hydrogen-bond donors (Lipinski definition) is 1. The molecule has 156 valence electrons. The number of carbonyl (C=O) groups is 1. The molecule has 0 fully saturated rings. The summed E-state index contributed by atoms with van der Waals surface area (Å²) in [6, 6.07) is 27.6. The maximum absolute atomic E-state index is 12.7. The van der Waals surface area contributed by atoms with E-state index < -0.39 is 0 Å². The largest absolute Gasteiger partial charge is 0.351 e. The lowest BCUT2D eigenvalue weighted by molar-refractivity contribution is 0.0953. The van der Waals surface area contributed by atoms with Crippen molar-refractivity contribution in [1.82, 2.24) is 25.5 Å². The molecule has 0 aliphatic rings. The smallest absolute Gasteiger partial charge is 0.252 e. The topological polar surface area (TPSA) is 72.7 Å². The molecule has 0 atom stereocenters. The summed E-state index contributed by atoms with van der Waals surface area (Å²) in [6.45, 7) is 0.601. The van der Waals surface area contributed by atoms with Crippen molar-refractivity contribution in [1.29, 1.82) is 0 Å². The predicted octanol–water partition coefficient (Wildman–Crippen LogP) is 4.48. The van der Waals surface area contributed by atoms with E-state index in [-0.39, 0.29) is 5.91 Å². The second-order valence-corrected chi connectivity index (χ2v) is 8.73. The van der Waals surface area contributed by atoms with Crippen molar-refractivity contribution in [3.05, 3.63) is 96.3 Å². The standard InChI is InChI=1S/C23H21N5OS2/c29-23(24-15-16-30-19-11-5-2-6-12-19)20-13-7-8-14-21(20)31-17-22-25-26-27-28(22)18-9-3-1-4-10-18/h1-14H,15-17H2,(H,24,29). The normalized spacial score (nSPS) is 10.7. The molecular weight excluding hydrogens is 426 g/mol. The molecule has 0 bridgehead atoms. The average molecular weight is 448 g/mol. The molecule has 0 aliphatic heterocycles. The highest BCUT2D eigenvalue weighted by Gasteiger charge is 2.14. The molecule has 0 unspecified atom stereocenters. The van der Waals surface area contributed by atoms with Gasteiger partial charge in [-0.3, -0.25) is 4.79 Å². The summed E-state index contributed by atoms with van der Waals surface area (Å²) in [5.74, 6) is 2.03. The van der Waals surface area contributed by atoms with Gasteiger partial charge in [-0.1, -0.05) is 48.5 Å². The minimum Gasteiger partial charge on any atom is -0.351 e. The number of carbonyl (C=O) groups excluding carboxylic acids is 1. The molecule has 0 spiro atoms. The van der Waals surface area contributed by atoms with Crippen LogP contribution in [0.5, 0.6) is 0 Å². The quantitative estimate of drug-likeness (QED) is 0.301. The molecule has 31 heavy (non-hydrogen) atoms. The molecule has 0 aliphatic carbocycles. The summed E-state index contributed by atoms with van der Waals surface area (Å²) in [7, 11) is 0. The number of nitrogens with zero attached hydrogens (tertiary/aromatic N) is 4. The minimum atomic E-state index is -0.0700. The van der Waals surface area contributed by atoms with Gasteiger partial charge in [0, 0.05) is 22.1 Å². The van der Waals surface area contributed by atoms with Crippen LogP contribution in [-0.4, -0.2) is 38.4 Å². The van der Waals surface area contributed by atoms with Crippen LogP contribution in [0.4, 0.5) is 0 Å². The SMILES string of the molecule is O=C(NCCSc1ccccc1)c1ccccc1SCc1nnnn1-c1ccccc1. The zero-order valence-electron chi connectivity index (χ0n) is 16.7. The Kier molecular flexibility index (Phi) is 7.36. The van der Waals surface area contributed by atoms with Crippen LogP contribution in [-0.2, 0) is 5.75 Å². The van der Waals surface area contributed by atoms with E-state index in [4.69, 9.17) is 0 Å². The first-order chi connectivity index (χ1) is 15.3. The average Bonchev–Trinajstić information content (AvgIpc) is 3.30.